The minimum absolute atomic E-state index is 0.231. The molecular weight excluding hydrogens is 1040 g/mol. The number of benzene rings is 11. The van der Waals surface area contributed by atoms with Crippen molar-refractivity contribution in [3.8, 4) is 44.5 Å². The highest BCUT2D eigenvalue weighted by atomic mass is 15.2. The summed E-state index contributed by atoms with van der Waals surface area (Å²) in [7, 11) is 0. The van der Waals surface area contributed by atoms with Gasteiger partial charge in [0.15, 0.2) is 0 Å². The Hall–Kier alpha value is -10.7. The standard InChI is InChI=1S/C82H62N4/c1-81(2)75-51-57(31-43-71(75)73-45-41-67(53-77(73)81)85(79-69-21-13-11-19-63(69)47-49-83-79)65-37-33-61(34-38-65)59-15-7-5-8-16-59)29-27-55-23-25-56(26-24-55)28-30-58-32-44-72-74-46-42-68(54-78(74)82(3,4)76(72)52-58)86(80-70-22-14-12-20-64(70)48-50-84-80)66-39-35-62(36-40-66)60-17-9-6-10-18-60/h5-54H,1-4H3. The molecule has 15 rings (SSSR count). The van der Waals surface area contributed by atoms with Crippen LogP contribution in [-0.2, 0) is 10.8 Å². The van der Waals surface area contributed by atoms with Crippen LogP contribution in [0.2, 0.25) is 0 Å². The lowest BCUT2D eigenvalue weighted by Gasteiger charge is -2.28. The van der Waals surface area contributed by atoms with Gasteiger partial charge in [-0.2, -0.15) is 0 Å². The molecule has 0 bridgehead atoms. The zero-order valence-corrected chi connectivity index (χ0v) is 48.7. The van der Waals surface area contributed by atoms with Gasteiger partial charge >= 0.3 is 0 Å². The average Bonchev–Trinajstić information content (AvgIpc) is 1.71. The topological polar surface area (TPSA) is 32.3 Å². The van der Waals surface area contributed by atoms with E-state index < -0.39 is 0 Å². The predicted molar refractivity (Wildman–Crippen MR) is 363 cm³/mol. The number of pyridine rings is 2. The van der Waals surface area contributed by atoms with Crippen molar-refractivity contribution in [3.05, 3.63) is 324 Å². The molecule has 0 fully saturated rings. The van der Waals surface area contributed by atoms with Gasteiger partial charge in [-0.1, -0.05) is 258 Å². The molecule has 0 radical (unpaired) electrons. The quantitative estimate of drug-likeness (QED) is 0.114. The first kappa shape index (κ1) is 52.1. The summed E-state index contributed by atoms with van der Waals surface area (Å²) in [4.78, 5) is 14.8. The fourth-order valence-electron chi connectivity index (χ4n) is 13.3. The third kappa shape index (κ3) is 9.28. The van der Waals surface area contributed by atoms with Crippen molar-refractivity contribution in [3.63, 3.8) is 0 Å². The zero-order valence-electron chi connectivity index (χ0n) is 48.7. The molecule has 4 nitrogen and oxygen atoms in total. The number of hydrogen-bond acceptors (Lipinski definition) is 4. The highest BCUT2D eigenvalue weighted by Crippen LogP contribution is 2.53. The van der Waals surface area contributed by atoms with Crippen molar-refractivity contribution >= 4 is 80.2 Å². The molecule has 2 heterocycles. The van der Waals surface area contributed by atoms with E-state index in [1.54, 1.807) is 0 Å². The van der Waals surface area contributed by atoms with E-state index in [-0.39, 0.29) is 10.8 Å². The number of hydrogen-bond donors (Lipinski definition) is 0. The molecule has 0 spiro atoms. The molecule has 13 aromatic rings. The molecule has 4 heteroatoms. The fraction of sp³-hybridized carbons (Fsp3) is 0.0732. The molecule has 86 heavy (non-hydrogen) atoms. The first-order valence-electron chi connectivity index (χ1n) is 29.8. The summed E-state index contributed by atoms with van der Waals surface area (Å²) in [5.41, 5.74) is 23.7. The minimum atomic E-state index is -0.231. The van der Waals surface area contributed by atoms with Crippen molar-refractivity contribution in [2.24, 2.45) is 0 Å². The Labute approximate surface area is 504 Å². The first-order chi connectivity index (χ1) is 42.1. The van der Waals surface area contributed by atoms with Gasteiger partial charge in [-0.15, -0.1) is 0 Å². The number of anilines is 6. The second-order valence-corrected chi connectivity index (χ2v) is 23.9. The molecule has 11 aromatic carbocycles. The van der Waals surface area contributed by atoms with Crippen molar-refractivity contribution < 1.29 is 0 Å². The van der Waals surface area contributed by atoms with Gasteiger partial charge in [-0.25, -0.2) is 9.97 Å². The molecule has 0 amide bonds. The lowest BCUT2D eigenvalue weighted by Crippen LogP contribution is -2.17. The monoisotopic (exact) mass is 1100 g/mol. The number of nitrogens with zero attached hydrogens (tertiary/aromatic N) is 4. The molecule has 0 saturated heterocycles. The summed E-state index contributed by atoms with van der Waals surface area (Å²) in [6, 6.07) is 96.8. The Balaban J connectivity index is 0.662. The highest BCUT2D eigenvalue weighted by molar-refractivity contribution is 5.99. The van der Waals surface area contributed by atoms with E-state index in [1.807, 2.05) is 12.4 Å². The van der Waals surface area contributed by atoms with Crippen molar-refractivity contribution in [2.75, 3.05) is 9.80 Å². The van der Waals surface area contributed by atoms with Crippen LogP contribution in [0.5, 0.6) is 0 Å². The van der Waals surface area contributed by atoms with E-state index in [2.05, 4.69) is 329 Å². The normalized spacial score (nSPS) is 13.4. The number of aromatic nitrogens is 2. The van der Waals surface area contributed by atoms with Gasteiger partial charge in [0.2, 0.25) is 0 Å². The SMILES string of the molecule is CC1(C)c2cc(C=Cc3ccc(C=Cc4ccc5c(c4)C(C)(C)c4cc(N(c6ccc(-c7ccccc7)cc6)c6nccc7ccccc67)ccc4-5)cc3)ccc2-c2ccc(N(c3ccc(-c4ccccc4)cc3)c3nccc4ccccc34)cc21. The van der Waals surface area contributed by atoms with Crippen LogP contribution >= 0.6 is 0 Å². The Bertz CT molecular complexity index is 4470. The molecule has 2 aromatic heterocycles. The van der Waals surface area contributed by atoms with Gasteiger partial charge in [0.05, 0.1) is 0 Å². The van der Waals surface area contributed by atoms with Gasteiger partial charge < -0.3 is 0 Å². The van der Waals surface area contributed by atoms with E-state index in [0.717, 1.165) is 67.1 Å². The van der Waals surface area contributed by atoms with Crippen molar-refractivity contribution in [1.82, 2.24) is 9.97 Å². The van der Waals surface area contributed by atoms with Crippen LogP contribution < -0.4 is 9.80 Å². The van der Waals surface area contributed by atoms with Crippen LogP contribution in [0.1, 0.15) is 72.2 Å². The lowest BCUT2D eigenvalue weighted by molar-refractivity contribution is 0.660. The van der Waals surface area contributed by atoms with Gasteiger partial charge in [0.1, 0.15) is 11.6 Å². The summed E-state index contributed by atoms with van der Waals surface area (Å²) < 4.78 is 0. The molecule has 0 saturated carbocycles. The number of rotatable bonds is 12. The van der Waals surface area contributed by atoms with Crippen LogP contribution in [0.3, 0.4) is 0 Å². The summed E-state index contributed by atoms with van der Waals surface area (Å²) in [5, 5.41) is 4.53. The summed E-state index contributed by atoms with van der Waals surface area (Å²) in [6.45, 7) is 9.45. The maximum atomic E-state index is 5.06. The molecule has 0 unspecified atom stereocenters. The highest BCUT2D eigenvalue weighted by Gasteiger charge is 2.38. The summed E-state index contributed by atoms with van der Waals surface area (Å²) in [6.07, 6.45) is 12.8. The lowest BCUT2D eigenvalue weighted by atomic mass is 9.81. The molecule has 0 atom stereocenters. The van der Waals surface area contributed by atoms with Crippen LogP contribution in [0.15, 0.2) is 279 Å². The maximum absolute atomic E-state index is 5.06. The largest absolute Gasteiger partial charge is 0.295 e. The first-order valence-corrected chi connectivity index (χ1v) is 29.8. The maximum Gasteiger partial charge on any atom is 0.145 e. The van der Waals surface area contributed by atoms with Crippen LogP contribution in [0, 0.1) is 0 Å². The van der Waals surface area contributed by atoms with Gasteiger partial charge in [0.25, 0.3) is 0 Å². The van der Waals surface area contributed by atoms with E-state index >= 15 is 0 Å². The van der Waals surface area contributed by atoms with Crippen molar-refractivity contribution in [2.45, 2.75) is 38.5 Å². The Morgan fingerprint density at radius 2 is 0.593 bits per heavy atom. The summed E-state index contributed by atoms with van der Waals surface area (Å²) in [5.74, 6) is 1.82. The van der Waals surface area contributed by atoms with E-state index in [9.17, 15) is 0 Å². The van der Waals surface area contributed by atoms with Crippen LogP contribution in [0.4, 0.5) is 34.4 Å². The molecule has 410 valence electrons. The molecule has 0 aliphatic heterocycles. The van der Waals surface area contributed by atoms with Gasteiger partial charge in [-0.05, 0) is 160 Å². The molecule has 2 aliphatic carbocycles. The summed E-state index contributed by atoms with van der Waals surface area (Å²) >= 11 is 0. The minimum Gasteiger partial charge on any atom is -0.295 e. The Morgan fingerprint density at radius 1 is 0.279 bits per heavy atom. The smallest absolute Gasteiger partial charge is 0.145 e. The third-order valence-electron chi connectivity index (χ3n) is 18.0. The predicted octanol–water partition coefficient (Wildman–Crippen LogP) is 22.0. The molecular formula is C82H62N4. The molecule has 2 aliphatic rings. The average molecular weight is 1100 g/mol. The Morgan fingerprint density at radius 3 is 1.00 bits per heavy atom. The second kappa shape index (κ2) is 21.2. The van der Waals surface area contributed by atoms with Crippen molar-refractivity contribution in [1.29, 1.82) is 0 Å². The zero-order chi connectivity index (χ0) is 57.9. The number of fused-ring (bicyclic) bond motifs is 8. The van der Waals surface area contributed by atoms with E-state index in [4.69, 9.17) is 9.97 Å². The Kier molecular flexibility index (Phi) is 12.8. The van der Waals surface area contributed by atoms with Gasteiger partial charge in [0, 0.05) is 56.7 Å². The fourth-order valence-corrected chi connectivity index (χ4v) is 13.3. The van der Waals surface area contributed by atoms with E-state index in [1.165, 1.54) is 77.9 Å². The van der Waals surface area contributed by atoms with Crippen LogP contribution in [0.25, 0.3) is 90.4 Å². The van der Waals surface area contributed by atoms with E-state index in [0.29, 0.717) is 0 Å². The van der Waals surface area contributed by atoms with Crippen LogP contribution in [-0.4, -0.2) is 9.97 Å². The molecule has 0 N–H and O–H groups in total. The van der Waals surface area contributed by atoms with Gasteiger partial charge in [-0.3, -0.25) is 9.80 Å². The third-order valence-corrected chi connectivity index (χ3v) is 18.0. The second-order valence-electron chi connectivity index (χ2n) is 23.9.